The number of fused-ring (bicyclic) bond motifs is 2. The van der Waals surface area contributed by atoms with Gasteiger partial charge in [-0.2, -0.15) is 0 Å². The minimum atomic E-state index is -0.239. The van der Waals surface area contributed by atoms with E-state index >= 15 is 0 Å². The summed E-state index contributed by atoms with van der Waals surface area (Å²) >= 11 is 0. The third kappa shape index (κ3) is 4.26. The molecular formula is C23H26FN3O4. The molecule has 3 aromatic rings. The van der Waals surface area contributed by atoms with E-state index in [9.17, 15) is 4.39 Å². The molecule has 8 heteroatoms. The molecule has 0 atom stereocenters. The number of rotatable bonds is 9. The molecule has 0 saturated heterocycles. The topological polar surface area (TPSA) is 87.9 Å². The molecule has 0 radical (unpaired) electrons. The van der Waals surface area contributed by atoms with Crippen molar-refractivity contribution in [1.29, 1.82) is 0 Å². The number of halogens is 1. The van der Waals surface area contributed by atoms with E-state index in [1.807, 2.05) is 17.0 Å². The maximum atomic E-state index is 14.3. The summed E-state index contributed by atoms with van der Waals surface area (Å²) in [6.07, 6.45) is 3.29. The molecule has 0 spiro atoms. The molecule has 0 amide bonds. The van der Waals surface area contributed by atoms with Crippen molar-refractivity contribution >= 4 is 22.4 Å². The number of aliphatic hydroxyl groups is 2. The van der Waals surface area contributed by atoms with Gasteiger partial charge in [-0.1, -0.05) is 6.07 Å². The number of anilines is 2. The van der Waals surface area contributed by atoms with Gasteiger partial charge in [-0.05, 0) is 31.0 Å². The Balaban J connectivity index is 1.78. The molecule has 0 unspecified atom stereocenters. The first-order chi connectivity index (χ1) is 15.1. The maximum absolute atomic E-state index is 14.3. The van der Waals surface area contributed by atoms with Crippen LogP contribution >= 0.6 is 0 Å². The van der Waals surface area contributed by atoms with E-state index in [1.54, 1.807) is 13.0 Å². The summed E-state index contributed by atoms with van der Waals surface area (Å²) in [6.45, 7) is 3.21. The van der Waals surface area contributed by atoms with Crippen molar-refractivity contribution in [3.8, 4) is 11.5 Å². The zero-order valence-corrected chi connectivity index (χ0v) is 17.5. The first-order valence-electron chi connectivity index (χ1n) is 10.5. The second kappa shape index (κ2) is 9.45. The Labute approximate surface area is 180 Å². The quantitative estimate of drug-likeness (QED) is 0.507. The van der Waals surface area contributed by atoms with Gasteiger partial charge in [-0.3, -0.25) is 0 Å². The highest BCUT2D eigenvalue weighted by molar-refractivity contribution is 5.94. The molecule has 0 bridgehead atoms. The van der Waals surface area contributed by atoms with Gasteiger partial charge in [-0.25, -0.2) is 14.4 Å². The average molecular weight is 427 g/mol. The highest BCUT2D eigenvalue weighted by atomic mass is 19.1. The molecule has 2 heterocycles. The molecule has 31 heavy (non-hydrogen) atoms. The summed E-state index contributed by atoms with van der Waals surface area (Å²) in [6, 6.07) is 6.97. The van der Waals surface area contributed by atoms with E-state index in [4.69, 9.17) is 19.7 Å². The van der Waals surface area contributed by atoms with E-state index in [1.165, 1.54) is 12.4 Å². The van der Waals surface area contributed by atoms with Crippen LogP contribution in [0.3, 0.4) is 0 Å². The van der Waals surface area contributed by atoms with Gasteiger partial charge in [0, 0.05) is 49.6 Å². The fourth-order valence-electron chi connectivity index (χ4n) is 3.85. The van der Waals surface area contributed by atoms with E-state index in [0.29, 0.717) is 61.0 Å². The fourth-order valence-corrected chi connectivity index (χ4v) is 3.85. The second-order valence-electron chi connectivity index (χ2n) is 7.45. The summed E-state index contributed by atoms with van der Waals surface area (Å²) in [7, 11) is 0. The smallest absolute Gasteiger partial charge is 0.163 e. The summed E-state index contributed by atoms with van der Waals surface area (Å²) in [4.78, 5) is 11.0. The Kier molecular flexibility index (Phi) is 6.48. The lowest BCUT2D eigenvalue weighted by Crippen LogP contribution is -2.17. The van der Waals surface area contributed by atoms with Gasteiger partial charge in [-0.15, -0.1) is 0 Å². The number of benzene rings is 2. The summed E-state index contributed by atoms with van der Waals surface area (Å²) in [5, 5.41) is 18.9. The number of nitrogens with zero attached hydrogens (tertiary/aromatic N) is 3. The number of ether oxygens (including phenoxy) is 2. The van der Waals surface area contributed by atoms with Gasteiger partial charge in [0.15, 0.2) is 11.5 Å². The zero-order valence-electron chi connectivity index (χ0n) is 17.5. The van der Waals surface area contributed by atoms with Crippen LogP contribution in [0.5, 0.6) is 11.5 Å². The monoisotopic (exact) mass is 427 g/mol. The van der Waals surface area contributed by atoms with Crippen molar-refractivity contribution < 1.29 is 24.1 Å². The SMILES string of the molecule is Cc1c(F)ccc2c1N(c1ncnc3cc(OCCCO)c(OCCCO)cc13)CC2. The molecule has 2 aromatic carbocycles. The van der Waals surface area contributed by atoms with Crippen LogP contribution < -0.4 is 14.4 Å². The third-order valence-corrected chi connectivity index (χ3v) is 5.38. The van der Waals surface area contributed by atoms with Crippen LogP contribution in [0.2, 0.25) is 0 Å². The molecule has 1 aliphatic heterocycles. The van der Waals surface area contributed by atoms with Gasteiger partial charge in [0.05, 0.1) is 24.4 Å². The lowest BCUT2D eigenvalue weighted by molar-refractivity contribution is 0.211. The van der Waals surface area contributed by atoms with Crippen molar-refractivity contribution in [2.75, 3.05) is 37.9 Å². The van der Waals surface area contributed by atoms with Gasteiger partial charge in [0.25, 0.3) is 0 Å². The van der Waals surface area contributed by atoms with Crippen molar-refractivity contribution in [1.82, 2.24) is 9.97 Å². The summed E-state index contributed by atoms with van der Waals surface area (Å²) < 4.78 is 25.9. The highest BCUT2D eigenvalue weighted by Crippen LogP contribution is 2.42. The second-order valence-corrected chi connectivity index (χ2v) is 7.45. The average Bonchev–Trinajstić information content (AvgIpc) is 3.21. The molecular weight excluding hydrogens is 401 g/mol. The van der Waals surface area contributed by atoms with Crippen LogP contribution in [-0.2, 0) is 6.42 Å². The number of aromatic nitrogens is 2. The predicted octanol–water partition coefficient (Wildman–Crippen LogP) is 3.29. The van der Waals surface area contributed by atoms with Crippen LogP contribution in [0.4, 0.5) is 15.9 Å². The van der Waals surface area contributed by atoms with Crippen LogP contribution in [-0.4, -0.2) is 53.2 Å². The molecule has 1 aliphatic rings. The van der Waals surface area contributed by atoms with E-state index in [0.717, 1.165) is 23.1 Å². The van der Waals surface area contributed by atoms with E-state index in [2.05, 4.69) is 9.97 Å². The Morgan fingerprint density at radius 1 is 1.03 bits per heavy atom. The normalized spacial score (nSPS) is 13.0. The van der Waals surface area contributed by atoms with Crippen LogP contribution in [0.25, 0.3) is 10.9 Å². The summed E-state index contributed by atoms with van der Waals surface area (Å²) in [5.74, 6) is 1.49. The van der Waals surface area contributed by atoms with Gasteiger partial charge >= 0.3 is 0 Å². The van der Waals surface area contributed by atoms with Gasteiger partial charge < -0.3 is 24.6 Å². The van der Waals surface area contributed by atoms with Crippen molar-refractivity contribution in [2.45, 2.75) is 26.2 Å². The van der Waals surface area contributed by atoms with Crippen molar-refractivity contribution in [3.05, 3.63) is 47.5 Å². The number of aliphatic hydroxyl groups excluding tert-OH is 2. The van der Waals surface area contributed by atoms with Crippen LogP contribution in [0, 0.1) is 12.7 Å². The molecule has 164 valence electrons. The van der Waals surface area contributed by atoms with Crippen molar-refractivity contribution in [2.24, 2.45) is 0 Å². The zero-order chi connectivity index (χ0) is 21.8. The third-order valence-electron chi connectivity index (χ3n) is 5.38. The first kappa shape index (κ1) is 21.3. The molecule has 0 aliphatic carbocycles. The molecule has 7 nitrogen and oxygen atoms in total. The van der Waals surface area contributed by atoms with E-state index in [-0.39, 0.29) is 19.0 Å². The van der Waals surface area contributed by atoms with Crippen molar-refractivity contribution in [3.63, 3.8) is 0 Å². The molecule has 1 aromatic heterocycles. The lowest BCUT2D eigenvalue weighted by Gasteiger charge is -2.22. The van der Waals surface area contributed by atoms with Crippen LogP contribution in [0.15, 0.2) is 30.6 Å². The fraction of sp³-hybridized carbons (Fsp3) is 0.391. The number of hydrogen-bond donors (Lipinski definition) is 2. The lowest BCUT2D eigenvalue weighted by atomic mass is 10.1. The first-order valence-corrected chi connectivity index (χ1v) is 10.5. The summed E-state index contributed by atoms with van der Waals surface area (Å²) in [5.41, 5.74) is 3.23. The van der Waals surface area contributed by atoms with Crippen LogP contribution in [0.1, 0.15) is 24.0 Å². The Hall–Kier alpha value is -2.97. The minimum absolute atomic E-state index is 0.0258. The van der Waals surface area contributed by atoms with E-state index < -0.39 is 0 Å². The molecule has 0 saturated carbocycles. The number of hydrogen-bond acceptors (Lipinski definition) is 7. The highest BCUT2D eigenvalue weighted by Gasteiger charge is 2.27. The van der Waals surface area contributed by atoms with Gasteiger partial charge in [0.2, 0.25) is 0 Å². The Morgan fingerprint density at radius 3 is 2.45 bits per heavy atom. The molecule has 4 rings (SSSR count). The minimum Gasteiger partial charge on any atom is -0.490 e. The standard InChI is InChI=1S/C23H26FN3O4/c1-15-18(24)5-4-16-6-7-27(22(15)16)23-17-12-20(30-10-2-8-28)21(31-11-3-9-29)13-19(17)25-14-26-23/h4-5,12-14,28-29H,2-3,6-11H2,1H3. The molecule has 0 fully saturated rings. The predicted molar refractivity (Wildman–Crippen MR) is 116 cm³/mol. The Morgan fingerprint density at radius 2 is 1.74 bits per heavy atom. The largest absolute Gasteiger partial charge is 0.490 e. The Bertz CT molecular complexity index is 1080. The van der Waals surface area contributed by atoms with Gasteiger partial charge in [0.1, 0.15) is 18.0 Å². The molecule has 2 N–H and O–H groups in total. The maximum Gasteiger partial charge on any atom is 0.163 e.